The highest BCUT2D eigenvalue weighted by Crippen LogP contribution is 2.24. The SMILES string of the molecule is O=C(NCCCOc1ccccc1)c1cc2ccccc2cc1O. The number of amides is 1. The average molecular weight is 321 g/mol. The highest BCUT2D eigenvalue weighted by Gasteiger charge is 2.11. The number of nitrogens with one attached hydrogen (secondary N) is 1. The number of fused-ring (bicyclic) bond motifs is 1. The molecule has 3 rings (SSSR count). The quantitative estimate of drug-likeness (QED) is 0.680. The third-order valence-electron chi connectivity index (χ3n) is 3.73. The monoisotopic (exact) mass is 321 g/mol. The Balaban J connectivity index is 1.52. The first-order valence-electron chi connectivity index (χ1n) is 7.92. The smallest absolute Gasteiger partial charge is 0.255 e. The Hall–Kier alpha value is -3.01. The first-order chi connectivity index (χ1) is 11.7. The van der Waals surface area contributed by atoms with Crippen LogP contribution in [0.3, 0.4) is 0 Å². The molecule has 4 heteroatoms. The maximum Gasteiger partial charge on any atom is 0.255 e. The molecule has 0 fully saturated rings. The lowest BCUT2D eigenvalue weighted by Crippen LogP contribution is -2.25. The van der Waals surface area contributed by atoms with Crippen LogP contribution in [0.1, 0.15) is 16.8 Å². The van der Waals surface area contributed by atoms with Crippen LogP contribution in [0.2, 0.25) is 0 Å². The van der Waals surface area contributed by atoms with Crippen LogP contribution in [0, 0.1) is 0 Å². The van der Waals surface area contributed by atoms with Crippen molar-refractivity contribution in [2.24, 2.45) is 0 Å². The summed E-state index contributed by atoms with van der Waals surface area (Å²) in [6.45, 7) is 1.01. The van der Waals surface area contributed by atoms with E-state index >= 15 is 0 Å². The second-order valence-corrected chi connectivity index (χ2v) is 5.49. The number of benzene rings is 3. The molecule has 4 nitrogen and oxygen atoms in total. The largest absolute Gasteiger partial charge is 0.507 e. The zero-order valence-corrected chi connectivity index (χ0v) is 13.2. The van der Waals surface area contributed by atoms with Crippen molar-refractivity contribution in [2.45, 2.75) is 6.42 Å². The van der Waals surface area contributed by atoms with E-state index in [4.69, 9.17) is 4.74 Å². The predicted molar refractivity (Wildman–Crippen MR) is 94.5 cm³/mol. The van der Waals surface area contributed by atoms with Gasteiger partial charge in [-0.25, -0.2) is 0 Å². The molecule has 0 bridgehead atoms. The Kier molecular flexibility index (Phi) is 4.96. The van der Waals surface area contributed by atoms with Crippen LogP contribution < -0.4 is 10.1 Å². The zero-order valence-electron chi connectivity index (χ0n) is 13.2. The Morgan fingerprint density at radius 3 is 2.38 bits per heavy atom. The van der Waals surface area contributed by atoms with Crippen molar-refractivity contribution < 1.29 is 14.6 Å². The van der Waals surface area contributed by atoms with E-state index in [9.17, 15) is 9.90 Å². The van der Waals surface area contributed by atoms with Crippen molar-refractivity contribution in [3.05, 3.63) is 72.3 Å². The van der Waals surface area contributed by atoms with Crippen molar-refractivity contribution in [3.8, 4) is 11.5 Å². The molecular formula is C20H19NO3. The van der Waals surface area contributed by atoms with Gasteiger partial charge in [-0.15, -0.1) is 0 Å². The summed E-state index contributed by atoms with van der Waals surface area (Å²) in [6, 6.07) is 20.5. The summed E-state index contributed by atoms with van der Waals surface area (Å²) in [7, 11) is 0. The van der Waals surface area contributed by atoms with E-state index in [2.05, 4.69) is 5.32 Å². The number of hydrogen-bond donors (Lipinski definition) is 2. The lowest BCUT2D eigenvalue weighted by atomic mass is 10.1. The number of phenols is 1. The van der Waals surface area contributed by atoms with Gasteiger partial charge in [-0.3, -0.25) is 4.79 Å². The number of ether oxygens (including phenoxy) is 1. The number of carbonyl (C=O) groups excluding carboxylic acids is 1. The van der Waals surface area contributed by atoms with E-state index in [1.54, 1.807) is 12.1 Å². The van der Waals surface area contributed by atoms with Crippen LogP contribution >= 0.6 is 0 Å². The summed E-state index contributed by atoms with van der Waals surface area (Å²) in [5, 5.41) is 14.7. The third kappa shape index (κ3) is 3.84. The summed E-state index contributed by atoms with van der Waals surface area (Å²) in [5.41, 5.74) is 0.290. The fourth-order valence-electron chi connectivity index (χ4n) is 2.49. The van der Waals surface area contributed by atoms with Gasteiger partial charge in [0, 0.05) is 6.54 Å². The Morgan fingerprint density at radius 2 is 1.62 bits per heavy atom. The second-order valence-electron chi connectivity index (χ2n) is 5.49. The molecule has 3 aromatic carbocycles. The van der Waals surface area contributed by atoms with Crippen molar-refractivity contribution in [2.75, 3.05) is 13.2 Å². The van der Waals surface area contributed by atoms with Gasteiger partial charge < -0.3 is 15.2 Å². The minimum absolute atomic E-state index is 0.00765. The van der Waals surface area contributed by atoms with Gasteiger partial charge in [-0.1, -0.05) is 42.5 Å². The van der Waals surface area contributed by atoms with Crippen molar-refractivity contribution in [1.82, 2.24) is 5.32 Å². The molecule has 0 aliphatic rings. The van der Waals surface area contributed by atoms with Crippen molar-refractivity contribution >= 4 is 16.7 Å². The molecule has 24 heavy (non-hydrogen) atoms. The number of hydrogen-bond acceptors (Lipinski definition) is 3. The highest BCUT2D eigenvalue weighted by molar-refractivity contribution is 6.01. The number of phenolic OH excluding ortho intramolecular Hbond substituents is 1. The van der Waals surface area contributed by atoms with E-state index in [1.165, 1.54) is 0 Å². The maximum absolute atomic E-state index is 12.2. The molecule has 2 N–H and O–H groups in total. The van der Waals surface area contributed by atoms with Crippen LogP contribution in [0.4, 0.5) is 0 Å². The highest BCUT2D eigenvalue weighted by atomic mass is 16.5. The number of para-hydroxylation sites is 1. The van der Waals surface area contributed by atoms with Crippen LogP contribution in [0.25, 0.3) is 10.8 Å². The molecule has 0 spiro atoms. The fraction of sp³-hybridized carbons (Fsp3) is 0.150. The van der Waals surface area contributed by atoms with Crippen LogP contribution in [-0.2, 0) is 0 Å². The van der Waals surface area contributed by atoms with Gasteiger partial charge in [0.25, 0.3) is 5.91 Å². The third-order valence-corrected chi connectivity index (χ3v) is 3.73. The van der Waals surface area contributed by atoms with Crippen LogP contribution in [0.5, 0.6) is 11.5 Å². The molecule has 0 saturated heterocycles. The first kappa shape index (κ1) is 15.9. The van der Waals surface area contributed by atoms with Crippen LogP contribution in [0.15, 0.2) is 66.7 Å². The Labute approximate surface area is 140 Å². The molecule has 0 radical (unpaired) electrons. The number of aromatic hydroxyl groups is 1. The molecule has 1 amide bonds. The fourth-order valence-corrected chi connectivity index (χ4v) is 2.49. The summed E-state index contributed by atoms with van der Waals surface area (Å²) < 4.78 is 5.57. The van der Waals surface area contributed by atoms with Crippen molar-refractivity contribution in [3.63, 3.8) is 0 Å². The second kappa shape index (κ2) is 7.51. The summed E-state index contributed by atoms with van der Waals surface area (Å²) >= 11 is 0. The summed E-state index contributed by atoms with van der Waals surface area (Å²) in [5.74, 6) is 0.528. The van der Waals surface area contributed by atoms with Gasteiger partial charge in [0.05, 0.1) is 12.2 Å². The average Bonchev–Trinajstić information content (AvgIpc) is 2.61. The molecule has 0 atom stereocenters. The summed E-state index contributed by atoms with van der Waals surface area (Å²) in [6.07, 6.45) is 0.689. The van der Waals surface area contributed by atoms with E-state index in [1.807, 2.05) is 54.6 Å². The zero-order chi connectivity index (χ0) is 16.8. The Morgan fingerprint density at radius 1 is 0.958 bits per heavy atom. The van der Waals surface area contributed by atoms with Gasteiger partial charge in [0.1, 0.15) is 11.5 Å². The molecule has 0 aliphatic carbocycles. The van der Waals surface area contributed by atoms with Crippen molar-refractivity contribution in [1.29, 1.82) is 0 Å². The molecule has 122 valence electrons. The molecule has 0 saturated carbocycles. The van der Waals surface area contributed by atoms with Gasteiger partial charge in [0.2, 0.25) is 0 Å². The van der Waals surface area contributed by atoms with E-state index in [0.717, 1.165) is 16.5 Å². The number of rotatable bonds is 6. The minimum atomic E-state index is -0.280. The standard InChI is InChI=1S/C20H19NO3/c22-19-14-16-8-5-4-7-15(16)13-18(19)20(23)21-11-6-12-24-17-9-2-1-3-10-17/h1-5,7-10,13-14,22H,6,11-12H2,(H,21,23). The minimum Gasteiger partial charge on any atom is -0.507 e. The maximum atomic E-state index is 12.2. The van der Waals surface area contributed by atoms with Gasteiger partial charge in [-0.05, 0) is 41.5 Å². The molecule has 0 aliphatic heterocycles. The first-order valence-corrected chi connectivity index (χ1v) is 7.92. The van der Waals surface area contributed by atoms with Gasteiger partial charge in [0.15, 0.2) is 0 Å². The Bertz CT molecular complexity index is 831. The topological polar surface area (TPSA) is 58.6 Å². The van der Waals surface area contributed by atoms with E-state index in [-0.39, 0.29) is 17.2 Å². The lowest BCUT2D eigenvalue weighted by Gasteiger charge is -2.09. The predicted octanol–water partition coefficient (Wildman–Crippen LogP) is 3.74. The lowest BCUT2D eigenvalue weighted by molar-refractivity contribution is 0.0949. The summed E-state index contributed by atoms with van der Waals surface area (Å²) in [4.78, 5) is 12.2. The molecule has 3 aromatic rings. The van der Waals surface area contributed by atoms with Crippen LogP contribution in [-0.4, -0.2) is 24.2 Å². The number of carbonyl (C=O) groups is 1. The van der Waals surface area contributed by atoms with E-state index in [0.29, 0.717) is 19.6 Å². The van der Waals surface area contributed by atoms with E-state index < -0.39 is 0 Å². The molecular weight excluding hydrogens is 302 g/mol. The molecule has 0 unspecified atom stereocenters. The normalized spacial score (nSPS) is 10.5. The van der Waals surface area contributed by atoms with Gasteiger partial charge in [-0.2, -0.15) is 0 Å². The molecule has 0 heterocycles. The van der Waals surface area contributed by atoms with Gasteiger partial charge >= 0.3 is 0 Å². The molecule has 0 aromatic heterocycles.